The fraction of sp³-hybridized carbons (Fsp3) is 0.889. The van der Waals surface area contributed by atoms with Gasteiger partial charge >= 0.3 is 0 Å². The Labute approximate surface area is 72.7 Å². The molecule has 0 spiro atoms. The Bertz CT molecular complexity index is 201. The highest BCUT2D eigenvalue weighted by Gasteiger charge is 2.38. The molecule has 2 aliphatic carbocycles. The molecule has 0 aromatic carbocycles. The van der Waals surface area contributed by atoms with Gasteiger partial charge in [-0.05, 0) is 31.1 Å². The SMILES string of the molecule is CC1CC1NC(=O)C(N)C1CC1. The lowest BCUT2D eigenvalue weighted by atomic mass is 10.2. The summed E-state index contributed by atoms with van der Waals surface area (Å²) in [5, 5.41) is 2.96. The van der Waals surface area contributed by atoms with Gasteiger partial charge in [0, 0.05) is 6.04 Å². The quantitative estimate of drug-likeness (QED) is 0.634. The number of amides is 1. The van der Waals surface area contributed by atoms with E-state index in [1.807, 2.05) is 0 Å². The van der Waals surface area contributed by atoms with Gasteiger partial charge < -0.3 is 11.1 Å². The molecule has 0 saturated heterocycles. The van der Waals surface area contributed by atoms with Crippen LogP contribution in [-0.2, 0) is 4.79 Å². The van der Waals surface area contributed by atoms with Crippen molar-refractivity contribution >= 4 is 5.91 Å². The minimum atomic E-state index is -0.238. The Morgan fingerprint density at radius 1 is 1.58 bits per heavy atom. The van der Waals surface area contributed by atoms with Crippen LogP contribution in [0.25, 0.3) is 0 Å². The maximum atomic E-state index is 11.4. The number of rotatable bonds is 3. The van der Waals surface area contributed by atoms with Gasteiger partial charge in [-0.1, -0.05) is 6.92 Å². The number of hydrogen-bond donors (Lipinski definition) is 2. The van der Waals surface area contributed by atoms with Gasteiger partial charge in [0.2, 0.25) is 5.91 Å². The van der Waals surface area contributed by atoms with E-state index in [4.69, 9.17) is 5.73 Å². The maximum Gasteiger partial charge on any atom is 0.237 e. The van der Waals surface area contributed by atoms with Gasteiger partial charge in [-0.25, -0.2) is 0 Å². The van der Waals surface area contributed by atoms with Crippen molar-refractivity contribution in [1.29, 1.82) is 0 Å². The summed E-state index contributed by atoms with van der Waals surface area (Å²) in [7, 11) is 0. The van der Waals surface area contributed by atoms with Crippen molar-refractivity contribution < 1.29 is 4.79 Å². The van der Waals surface area contributed by atoms with Gasteiger partial charge in [0.1, 0.15) is 0 Å². The first kappa shape index (κ1) is 8.05. The molecule has 1 amide bonds. The summed E-state index contributed by atoms with van der Waals surface area (Å²) in [5.74, 6) is 1.20. The molecule has 2 saturated carbocycles. The van der Waals surface area contributed by atoms with Crippen molar-refractivity contribution in [3.8, 4) is 0 Å². The van der Waals surface area contributed by atoms with E-state index in [1.165, 1.54) is 0 Å². The fourth-order valence-corrected chi connectivity index (χ4v) is 1.47. The van der Waals surface area contributed by atoms with Crippen molar-refractivity contribution in [3.63, 3.8) is 0 Å². The van der Waals surface area contributed by atoms with Crippen LogP contribution in [0.4, 0.5) is 0 Å². The molecule has 3 N–H and O–H groups in total. The van der Waals surface area contributed by atoms with Crippen molar-refractivity contribution in [1.82, 2.24) is 5.32 Å². The molecule has 0 bridgehead atoms. The van der Waals surface area contributed by atoms with Crippen molar-refractivity contribution in [2.45, 2.75) is 38.3 Å². The molecule has 2 rings (SSSR count). The Balaban J connectivity index is 1.75. The molecule has 12 heavy (non-hydrogen) atoms. The highest BCUT2D eigenvalue weighted by molar-refractivity contribution is 5.82. The number of hydrogen-bond acceptors (Lipinski definition) is 2. The first-order chi connectivity index (χ1) is 5.68. The molecule has 3 heteroatoms. The lowest BCUT2D eigenvalue weighted by Crippen LogP contribution is -2.43. The van der Waals surface area contributed by atoms with E-state index in [1.54, 1.807) is 0 Å². The summed E-state index contributed by atoms with van der Waals surface area (Å²) in [4.78, 5) is 11.4. The van der Waals surface area contributed by atoms with Gasteiger partial charge in [0.05, 0.1) is 6.04 Å². The molecule has 68 valence electrons. The number of nitrogens with one attached hydrogen (secondary N) is 1. The lowest BCUT2D eigenvalue weighted by molar-refractivity contribution is -0.123. The van der Waals surface area contributed by atoms with Crippen LogP contribution in [0.3, 0.4) is 0 Å². The second kappa shape index (κ2) is 2.73. The molecule has 0 aliphatic heterocycles. The molecule has 3 nitrogen and oxygen atoms in total. The molecule has 0 heterocycles. The average Bonchev–Trinajstić information content (AvgIpc) is 2.86. The fourth-order valence-electron chi connectivity index (χ4n) is 1.47. The van der Waals surface area contributed by atoms with E-state index in [0.717, 1.165) is 19.3 Å². The highest BCUT2D eigenvalue weighted by atomic mass is 16.2. The average molecular weight is 168 g/mol. The second-order valence-corrected chi connectivity index (χ2v) is 4.19. The lowest BCUT2D eigenvalue weighted by Gasteiger charge is -2.10. The summed E-state index contributed by atoms with van der Waals surface area (Å²) in [6, 6.07) is 0.181. The van der Waals surface area contributed by atoms with E-state index in [0.29, 0.717) is 17.9 Å². The Morgan fingerprint density at radius 2 is 2.17 bits per heavy atom. The maximum absolute atomic E-state index is 11.4. The molecule has 2 aliphatic rings. The van der Waals surface area contributed by atoms with Gasteiger partial charge in [-0.15, -0.1) is 0 Å². The van der Waals surface area contributed by atoms with Gasteiger partial charge in [-0.2, -0.15) is 0 Å². The summed E-state index contributed by atoms with van der Waals surface area (Å²) in [5.41, 5.74) is 5.73. The molecular weight excluding hydrogens is 152 g/mol. The summed E-state index contributed by atoms with van der Waals surface area (Å²) in [6.45, 7) is 2.15. The zero-order valence-corrected chi connectivity index (χ0v) is 7.42. The van der Waals surface area contributed by atoms with E-state index in [2.05, 4.69) is 12.2 Å². The van der Waals surface area contributed by atoms with Gasteiger partial charge in [-0.3, -0.25) is 4.79 Å². The molecule has 2 fully saturated rings. The van der Waals surface area contributed by atoms with Crippen LogP contribution in [-0.4, -0.2) is 18.0 Å². The zero-order chi connectivity index (χ0) is 8.72. The summed E-state index contributed by atoms with van der Waals surface area (Å²) < 4.78 is 0. The molecular formula is C9H16N2O. The second-order valence-electron chi connectivity index (χ2n) is 4.19. The number of nitrogens with two attached hydrogens (primary N) is 1. The standard InChI is InChI=1S/C9H16N2O/c1-5-4-7(5)11-9(12)8(10)6-2-3-6/h5-8H,2-4,10H2,1H3,(H,11,12). The first-order valence-electron chi connectivity index (χ1n) is 4.74. The monoisotopic (exact) mass is 168 g/mol. The van der Waals surface area contributed by atoms with Gasteiger partial charge in [0.15, 0.2) is 0 Å². The Hall–Kier alpha value is -0.570. The predicted octanol–water partition coefficient (Wildman–Crippen LogP) is 0.248. The van der Waals surface area contributed by atoms with Crippen molar-refractivity contribution in [2.24, 2.45) is 17.6 Å². The highest BCUT2D eigenvalue weighted by Crippen LogP contribution is 2.33. The third kappa shape index (κ3) is 1.61. The van der Waals surface area contributed by atoms with E-state index < -0.39 is 0 Å². The van der Waals surface area contributed by atoms with Crippen LogP contribution < -0.4 is 11.1 Å². The third-order valence-electron chi connectivity index (χ3n) is 2.87. The largest absolute Gasteiger partial charge is 0.352 e. The molecule has 3 atom stereocenters. The van der Waals surface area contributed by atoms with Crippen molar-refractivity contribution in [3.05, 3.63) is 0 Å². The van der Waals surface area contributed by atoms with Crippen LogP contribution in [0.5, 0.6) is 0 Å². The molecule has 0 radical (unpaired) electrons. The summed E-state index contributed by atoms with van der Waals surface area (Å²) >= 11 is 0. The Kier molecular flexibility index (Phi) is 1.83. The third-order valence-corrected chi connectivity index (χ3v) is 2.87. The topological polar surface area (TPSA) is 55.1 Å². The van der Waals surface area contributed by atoms with Crippen LogP contribution in [0.2, 0.25) is 0 Å². The van der Waals surface area contributed by atoms with Crippen LogP contribution in [0.15, 0.2) is 0 Å². The first-order valence-corrected chi connectivity index (χ1v) is 4.74. The van der Waals surface area contributed by atoms with E-state index >= 15 is 0 Å². The van der Waals surface area contributed by atoms with E-state index in [-0.39, 0.29) is 11.9 Å². The molecule has 0 aromatic rings. The van der Waals surface area contributed by atoms with Crippen LogP contribution >= 0.6 is 0 Å². The zero-order valence-electron chi connectivity index (χ0n) is 7.42. The Morgan fingerprint density at radius 3 is 2.58 bits per heavy atom. The predicted molar refractivity (Wildman–Crippen MR) is 46.4 cm³/mol. The normalized spacial score (nSPS) is 35.8. The number of carbonyl (C=O) groups excluding carboxylic acids is 1. The summed E-state index contributed by atoms with van der Waals surface area (Å²) in [6.07, 6.45) is 3.40. The minimum Gasteiger partial charge on any atom is -0.352 e. The molecule has 0 aromatic heterocycles. The van der Waals surface area contributed by atoms with Crippen LogP contribution in [0.1, 0.15) is 26.2 Å². The molecule has 3 unspecified atom stereocenters. The number of carbonyl (C=O) groups is 1. The smallest absolute Gasteiger partial charge is 0.237 e. The van der Waals surface area contributed by atoms with E-state index in [9.17, 15) is 4.79 Å². The minimum absolute atomic E-state index is 0.0619. The van der Waals surface area contributed by atoms with Gasteiger partial charge in [0.25, 0.3) is 0 Å². The van der Waals surface area contributed by atoms with Crippen molar-refractivity contribution in [2.75, 3.05) is 0 Å². The van der Waals surface area contributed by atoms with Crippen LogP contribution in [0, 0.1) is 11.8 Å².